The van der Waals surface area contributed by atoms with Crippen LogP contribution in [0.25, 0.3) is 0 Å². The van der Waals surface area contributed by atoms with Gasteiger partial charge in [0.05, 0.1) is 11.2 Å². The zero-order valence-electron chi connectivity index (χ0n) is 8.01. The maximum absolute atomic E-state index is 12.0. The Morgan fingerprint density at radius 2 is 2.27 bits per heavy atom. The van der Waals surface area contributed by atoms with Crippen molar-refractivity contribution in [3.8, 4) is 0 Å². The summed E-state index contributed by atoms with van der Waals surface area (Å²) in [7, 11) is 1.68. The number of carbonyl (C=O) groups excluding carboxylic acids is 1. The summed E-state index contributed by atoms with van der Waals surface area (Å²) >= 11 is 5.87. The number of ketones is 1. The minimum absolute atomic E-state index is 0.173. The number of rotatable bonds is 2. The molecule has 0 bridgehead atoms. The molecule has 2 aromatic rings. The summed E-state index contributed by atoms with van der Waals surface area (Å²) in [5.41, 5.74) is 0.882. The molecule has 5 heteroatoms. The second-order valence-corrected chi connectivity index (χ2v) is 3.44. The average Bonchev–Trinajstić information content (AvgIpc) is 2.59. The van der Waals surface area contributed by atoms with Crippen molar-refractivity contribution in [1.29, 1.82) is 0 Å². The molecular formula is C10H8ClN3O. The molecule has 2 rings (SSSR count). The lowest BCUT2D eigenvalue weighted by molar-refractivity contribution is 0.103. The molecule has 0 fully saturated rings. The molecule has 0 spiro atoms. The lowest BCUT2D eigenvalue weighted by Gasteiger charge is -2.01. The fourth-order valence-corrected chi connectivity index (χ4v) is 1.55. The zero-order valence-corrected chi connectivity index (χ0v) is 8.77. The largest absolute Gasteiger partial charge is 0.287 e. The third kappa shape index (κ3) is 1.76. The predicted octanol–water partition coefficient (Wildman–Crippen LogP) is 1.70. The summed E-state index contributed by atoms with van der Waals surface area (Å²) < 4.78 is 1.46. The number of carbonyl (C=O) groups is 1. The Morgan fingerprint density at radius 1 is 1.47 bits per heavy atom. The highest BCUT2D eigenvalue weighted by Gasteiger charge is 2.17. The molecule has 0 N–H and O–H groups in total. The summed E-state index contributed by atoms with van der Waals surface area (Å²) in [5, 5.41) is 4.26. The van der Waals surface area contributed by atoms with Crippen LogP contribution < -0.4 is 0 Å². The van der Waals surface area contributed by atoms with E-state index in [2.05, 4.69) is 10.1 Å². The molecule has 0 aliphatic carbocycles. The summed E-state index contributed by atoms with van der Waals surface area (Å²) in [6, 6.07) is 3.40. The fraction of sp³-hybridized carbons (Fsp3) is 0.100. The second-order valence-electron chi connectivity index (χ2n) is 3.04. The Labute approximate surface area is 91.5 Å². The van der Waals surface area contributed by atoms with Crippen LogP contribution in [0.1, 0.15) is 16.1 Å². The Hall–Kier alpha value is -1.68. The van der Waals surface area contributed by atoms with Crippen LogP contribution in [0.15, 0.2) is 30.7 Å². The average molecular weight is 222 g/mol. The Kier molecular flexibility index (Phi) is 2.51. The molecule has 0 atom stereocenters. The molecule has 2 aromatic heterocycles. The number of hydrogen-bond acceptors (Lipinski definition) is 3. The van der Waals surface area contributed by atoms with Gasteiger partial charge in [0.15, 0.2) is 0 Å². The zero-order chi connectivity index (χ0) is 10.8. The van der Waals surface area contributed by atoms with Crippen LogP contribution >= 0.6 is 11.6 Å². The normalized spacial score (nSPS) is 10.3. The summed E-state index contributed by atoms with van der Waals surface area (Å²) in [6.45, 7) is 0. The highest BCUT2D eigenvalue weighted by atomic mass is 35.5. The predicted molar refractivity (Wildman–Crippen MR) is 55.9 cm³/mol. The lowest BCUT2D eigenvalue weighted by Crippen LogP contribution is -2.08. The number of aryl methyl sites for hydroxylation is 1. The molecule has 2 heterocycles. The lowest BCUT2D eigenvalue weighted by atomic mass is 10.1. The maximum Gasteiger partial charge on any atom is 0.214 e. The molecule has 15 heavy (non-hydrogen) atoms. The van der Waals surface area contributed by atoms with Gasteiger partial charge in [-0.05, 0) is 12.1 Å². The Bertz CT molecular complexity index is 473. The van der Waals surface area contributed by atoms with Gasteiger partial charge in [-0.1, -0.05) is 11.6 Å². The molecule has 76 valence electrons. The van der Waals surface area contributed by atoms with Crippen molar-refractivity contribution in [3.05, 3.63) is 47.0 Å². The van der Waals surface area contributed by atoms with Crippen molar-refractivity contribution in [1.82, 2.24) is 14.8 Å². The van der Waals surface area contributed by atoms with E-state index in [1.165, 1.54) is 17.1 Å². The van der Waals surface area contributed by atoms with E-state index in [4.69, 9.17) is 11.6 Å². The monoisotopic (exact) mass is 221 g/mol. The fourth-order valence-electron chi connectivity index (χ4n) is 1.30. The van der Waals surface area contributed by atoms with E-state index in [0.29, 0.717) is 16.3 Å². The van der Waals surface area contributed by atoms with Gasteiger partial charge in [-0.15, -0.1) is 0 Å². The first-order valence-electron chi connectivity index (χ1n) is 4.32. The minimum Gasteiger partial charge on any atom is -0.287 e. The van der Waals surface area contributed by atoms with Gasteiger partial charge in [0.1, 0.15) is 5.69 Å². The van der Waals surface area contributed by atoms with Gasteiger partial charge in [-0.25, -0.2) is 0 Å². The third-order valence-electron chi connectivity index (χ3n) is 2.03. The van der Waals surface area contributed by atoms with Gasteiger partial charge < -0.3 is 0 Å². The molecule has 0 aliphatic rings. The second kappa shape index (κ2) is 3.82. The molecule has 0 radical (unpaired) electrons. The van der Waals surface area contributed by atoms with E-state index in [1.54, 1.807) is 25.4 Å². The van der Waals surface area contributed by atoms with Gasteiger partial charge >= 0.3 is 0 Å². The van der Waals surface area contributed by atoms with E-state index >= 15 is 0 Å². The molecule has 0 saturated heterocycles. The van der Waals surface area contributed by atoms with Crippen LogP contribution in [0.5, 0.6) is 0 Å². The van der Waals surface area contributed by atoms with Gasteiger partial charge in [0, 0.05) is 25.0 Å². The first-order valence-corrected chi connectivity index (χ1v) is 4.70. The van der Waals surface area contributed by atoms with Crippen LogP contribution in [0.3, 0.4) is 0 Å². The minimum atomic E-state index is -0.173. The Balaban J connectivity index is 2.46. The first kappa shape index (κ1) is 9.86. The molecule has 0 aliphatic heterocycles. The SMILES string of the molecule is Cn1ncc(Cl)c1C(=O)c1cccnc1. The highest BCUT2D eigenvalue weighted by Crippen LogP contribution is 2.17. The van der Waals surface area contributed by atoms with Crippen LogP contribution in [0.4, 0.5) is 0 Å². The summed E-state index contributed by atoms with van der Waals surface area (Å²) in [4.78, 5) is 15.8. The van der Waals surface area contributed by atoms with Crippen molar-refractivity contribution in [3.63, 3.8) is 0 Å². The molecule has 0 aromatic carbocycles. The van der Waals surface area contributed by atoms with E-state index in [1.807, 2.05) is 0 Å². The van der Waals surface area contributed by atoms with Crippen molar-refractivity contribution in [2.75, 3.05) is 0 Å². The van der Waals surface area contributed by atoms with Crippen LogP contribution in [-0.4, -0.2) is 20.5 Å². The number of pyridine rings is 1. The van der Waals surface area contributed by atoms with E-state index < -0.39 is 0 Å². The Morgan fingerprint density at radius 3 is 2.80 bits per heavy atom. The summed E-state index contributed by atoms with van der Waals surface area (Å²) in [6.07, 6.45) is 4.57. The topological polar surface area (TPSA) is 47.8 Å². The molecule has 0 saturated carbocycles. The van der Waals surface area contributed by atoms with E-state index in [0.717, 1.165) is 0 Å². The number of halogens is 1. The van der Waals surface area contributed by atoms with Crippen molar-refractivity contribution in [2.24, 2.45) is 7.05 Å². The van der Waals surface area contributed by atoms with Gasteiger partial charge in [0.25, 0.3) is 0 Å². The van der Waals surface area contributed by atoms with Crippen LogP contribution in [0, 0.1) is 0 Å². The molecular weight excluding hydrogens is 214 g/mol. The first-order chi connectivity index (χ1) is 7.20. The highest BCUT2D eigenvalue weighted by molar-refractivity contribution is 6.34. The molecule has 0 unspecified atom stereocenters. The van der Waals surface area contributed by atoms with Crippen LogP contribution in [-0.2, 0) is 7.05 Å². The maximum atomic E-state index is 12.0. The number of nitrogens with zero attached hydrogens (tertiary/aromatic N) is 3. The summed E-state index contributed by atoms with van der Waals surface area (Å²) in [5.74, 6) is -0.173. The van der Waals surface area contributed by atoms with Gasteiger partial charge in [-0.3, -0.25) is 14.5 Å². The third-order valence-corrected chi connectivity index (χ3v) is 2.31. The van der Waals surface area contributed by atoms with E-state index in [9.17, 15) is 4.79 Å². The van der Waals surface area contributed by atoms with Crippen LogP contribution in [0.2, 0.25) is 5.02 Å². The smallest absolute Gasteiger partial charge is 0.214 e. The quantitative estimate of drug-likeness (QED) is 0.726. The molecule has 0 amide bonds. The van der Waals surface area contributed by atoms with Crippen molar-refractivity contribution in [2.45, 2.75) is 0 Å². The van der Waals surface area contributed by atoms with Gasteiger partial charge in [-0.2, -0.15) is 5.10 Å². The number of hydrogen-bond donors (Lipinski definition) is 0. The number of aromatic nitrogens is 3. The van der Waals surface area contributed by atoms with Crippen molar-refractivity contribution >= 4 is 17.4 Å². The standard InChI is InChI=1S/C10H8ClN3O/c1-14-9(8(11)6-13-14)10(15)7-3-2-4-12-5-7/h2-6H,1H3. The van der Waals surface area contributed by atoms with Crippen molar-refractivity contribution < 1.29 is 4.79 Å². The van der Waals surface area contributed by atoms with Gasteiger partial charge in [0.2, 0.25) is 5.78 Å². The van der Waals surface area contributed by atoms with E-state index in [-0.39, 0.29) is 5.78 Å². The molecule has 4 nitrogen and oxygen atoms in total.